The molecule has 0 spiro atoms. The van der Waals surface area contributed by atoms with Crippen LogP contribution in [0, 0.1) is 0 Å². The summed E-state index contributed by atoms with van der Waals surface area (Å²) in [5, 5.41) is 5.26. The molecule has 2 heterocycles. The van der Waals surface area contributed by atoms with Crippen molar-refractivity contribution >= 4 is 80.1 Å². The molecule has 64 heavy (non-hydrogen) atoms. The van der Waals surface area contributed by atoms with Crippen molar-refractivity contribution in [3.8, 4) is 33.4 Å². The van der Waals surface area contributed by atoms with Gasteiger partial charge in [0.25, 0.3) is 0 Å². The van der Waals surface area contributed by atoms with Crippen LogP contribution in [0.5, 0.6) is 0 Å². The van der Waals surface area contributed by atoms with E-state index in [1.165, 1.54) is 96.0 Å². The molecule has 0 bridgehead atoms. The monoisotopic (exact) mass is 849 g/mol. The molecule has 0 aliphatic heterocycles. The van der Waals surface area contributed by atoms with Gasteiger partial charge in [-0.25, -0.2) is 0 Å². The van der Waals surface area contributed by atoms with Crippen LogP contribution in [0.1, 0.15) is 22.3 Å². The number of hydrogen-bond donors (Lipinski definition) is 0. The summed E-state index contributed by atoms with van der Waals surface area (Å²) < 4.78 is 5.28. The lowest BCUT2D eigenvalue weighted by molar-refractivity contribution is 0.768. The Morgan fingerprint density at radius 1 is 0.297 bits per heavy atom. The van der Waals surface area contributed by atoms with Crippen LogP contribution in [-0.4, -0.2) is 0 Å². The van der Waals surface area contributed by atoms with E-state index in [1.807, 2.05) is 22.7 Å². The molecule has 10 aromatic carbocycles. The molecule has 3 heteroatoms. The second kappa shape index (κ2) is 14.8. The fourth-order valence-corrected chi connectivity index (χ4v) is 13.1. The van der Waals surface area contributed by atoms with E-state index < -0.39 is 5.41 Å². The zero-order chi connectivity index (χ0) is 42.2. The molecule has 0 unspecified atom stereocenters. The van der Waals surface area contributed by atoms with Gasteiger partial charge in [-0.3, -0.25) is 0 Å². The lowest BCUT2D eigenvalue weighted by Gasteiger charge is -2.34. The first-order chi connectivity index (χ1) is 31.7. The Balaban J connectivity index is 1.01. The third-order valence-electron chi connectivity index (χ3n) is 13.4. The Kier molecular flexibility index (Phi) is 8.55. The summed E-state index contributed by atoms with van der Waals surface area (Å²) >= 11 is 3.76. The Morgan fingerprint density at radius 3 is 1.44 bits per heavy atom. The predicted molar refractivity (Wildman–Crippen MR) is 275 cm³/mol. The van der Waals surface area contributed by atoms with Crippen molar-refractivity contribution in [1.29, 1.82) is 0 Å². The highest BCUT2D eigenvalue weighted by molar-refractivity contribution is 7.26. The van der Waals surface area contributed by atoms with Gasteiger partial charge >= 0.3 is 0 Å². The zero-order valence-electron chi connectivity index (χ0n) is 34.8. The number of fused-ring (bicyclic) bond motifs is 9. The van der Waals surface area contributed by atoms with Gasteiger partial charge < -0.3 is 4.90 Å². The summed E-state index contributed by atoms with van der Waals surface area (Å²) in [4.78, 5) is 2.45. The van der Waals surface area contributed by atoms with Gasteiger partial charge in [-0.2, -0.15) is 0 Å². The minimum atomic E-state index is -0.462. The molecule has 0 radical (unpaired) electrons. The Bertz CT molecular complexity index is 3690. The van der Waals surface area contributed by atoms with Gasteiger partial charge in [0.1, 0.15) is 0 Å². The van der Waals surface area contributed by atoms with Crippen molar-refractivity contribution in [3.05, 3.63) is 259 Å². The smallest absolute Gasteiger partial charge is 0.0713 e. The molecule has 0 saturated heterocycles. The van der Waals surface area contributed by atoms with Crippen molar-refractivity contribution in [2.24, 2.45) is 0 Å². The van der Waals surface area contributed by atoms with E-state index in [-0.39, 0.29) is 0 Å². The molecule has 0 N–H and O–H groups in total. The minimum Gasteiger partial charge on any atom is -0.310 e. The first kappa shape index (κ1) is 37.0. The number of benzene rings is 10. The maximum absolute atomic E-state index is 2.45. The average molecular weight is 850 g/mol. The standard InChI is InChI=1S/C61H39NS2/c1-3-17-42(18-4-1)61(43-19-5-2-6-20-43)55-29-10-7-22-49(55)54-39-46(36-37-56(54)61)62(44-34-32-40(33-35-44)47-25-14-27-52-50-23-8-11-30-57(50)63-59(47)52)45-21-13-16-41(38-45)48-26-15-28-53-51-24-9-12-31-58(51)64-60(48)53/h1-39H. The maximum Gasteiger partial charge on any atom is 0.0713 e. The van der Waals surface area contributed by atoms with Crippen molar-refractivity contribution in [2.45, 2.75) is 5.41 Å². The number of rotatable bonds is 7. The largest absolute Gasteiger partial charge is 0.310 e. The van der Waals surface area contributed by atoms with E-state index in [2.05, 4.69) is 241 Å². The number of thiophene rings is 2. The van der Waals surface area contributed by atoms with Gasteiger partial charge in [-0.05, 0) is 104 Å². The van der Waals surface area contributed by atoms with Crippen LogP contribution in [0.4, 0.5) is 17.1 Å². The topological polar surface area (TPSA) is 3.24 Å². The quantitative estimate of drug-likeness (QED) is 0.154. The molecule has 300 valence electrons. The highest BCUT2D eigenvalue weighted by Gasteiger charge is 2.46. The molecular weight excluding hydrogens is 811 g/mol. The van der Waals surface area contributed by atoms with E-state index >= 15 is 0 Å². The Labute approximate surface area is 380 Å². The summed E-state index contributed by atoms with van der Waals surface area (Å²) in [6, 6.07) is 87.7. The Morgan fingerprint density at radius 2 is 0.781 bits per heavy atom. The Hall–Kier alpha value is -7.56. The van der Waals surface area contributed by atoms with Gasteiger partial charge in [0.15, 0.2) is 0 Å². The van der Waals surface area contributed by atoms with Crippen molar-refractivity contribution in [1.82, 2.24) is 0 Å². The SMILES string of the molecule is c1ccc(C2(c3ccccc3)c3ccccc3-c3cc(N(c4ccc(-c5cccc6c5sc5ccccc56)cc4)c4cccc(-c5cccc6c5sc5ccccc56)c4)ccc32)cc1. The van der Waals surface area contributed by atoms with Gasteiger partial charge in [0.2, 0.25) is 0 Å². The number of nitrogens with zero attached hydrogens (tertiary/aromatic N) is 1. The van der Waals surface area contributed by atoms with E-state index in [0.717, 1.165) is 17.1 Å². The van der Waals surface area contributed by atoms with Crippen molar-refractivity contribution < 1.29 is 0 Å². The van der Waals surface area contributed by atoms with Crippen LogP contribution < -0.4 is 4.90 Å². The predicted octanol–water partition coefficient (Wildman–Crippen LogP) is 17.6. The van der Waals surface area contributed by atoms with Crippen LogP contribution in [0.2, 0.25) is 0 Å². The van der Waals surface area contributed by atoms with E-state index in [1.54, 1.807) is 0 Å². The first-order valence-electron chi connectivity index (χ1n) is 21.9. The molecule has 1 aliphatic carbocycles. The molecule has 0 amide bonds. The summed E-state index contributed by atoms with van der Waals surface area (Å²) in [7, 11) is 0. The van der Waals surface area contributed by atoms with Gasteiger partial charge in [-0.1, -0.05) is 188 Å². The molecule has 12 aromatic rings. The molecule has 0 atom stereocenters. The molecule has 0 fully saturated rings. The zero-order valence-corrected chi connectivity index (χ0v) is 36.4. The molecule has 1 aliphatic rings. The van der Waals surface area contributed by atoms with E-state index in [9.17, 15) is 0 Å². The number of hydrogen-bond acceptors (Lipinski definition) is 3. The van der Waals surface area contributed by atoms with Gasteiger partial charge in [-0.15, -0.1) is 22.7 Å². The van der Waals surface area contributed by atoms with Crippen molar-refractivity contribution in [3.63, 3.8) is 0 Å². The first-order valence-corrected chi connectivity index (χ1v) is 23.5. The molecular formula is C61H39NS2. The van der Waals surface area contributed by atoms with Gasteiger partial charge in [0.05, 0.1) is 5.41 Å². The fraction of sp³-hybridized carbons (Fsp3) is 0.0164. The third-order valence-corrected chi connectivity index (χ3v) is 15.8. The van der Waals surface area contributed by atoms with Crippen LogP contribution in [0.3, 0.4) is 0 Å². The maximum atomic E-state index is 2.45. The van der Waals surface area contributed by atoms with E-state index in [4.69, 9.17) is 0 Å². The highest BCUT2D eigenvalue weighted by Crippen LogP contribution is 2.57. The van der Waals surface area contributed by atoms with Gasteiger partial charge in [0, 0.05) is 57.4 Å². The summed E-state index contributed by atoms with van der Waals surface area (Å²) in [6.07, 6.45) is 0. The minimum absolute atomic E-state index is 0.462. The third kappa shape index (κ3) is 5.61. The fourth-order valence-electron chi connectivity index (χ4n) is 10.6. The van der Waals surface area contributed by atoms with Crippen LogP contribution >= 0.6 is 22.7 Å². The van der Waals surface area contributed by atoms with Crippen LogP contribution in [-0.2, 0) is 5.41 Å². The second-order valence-electron chi connectivity index (χ2n) is 16.8. The lowest BCUT2D eigenvalue weighted by Crippen LogP contribution is -2.28. The molecule has 1 nitrogen and oxygen atoms in total. The summed E-state index contributed by atoms with van der Waals surface area (Å²) in [5.41, 5.74) is 15.5. The number of anilines is 3. The lowest BCUT2D eigenvalue weighted by atomic mass is 9.68. The van der Waals surface area contributed by atoms with Crippen LogP contribution in [0.25, 0.3) is 73.7 Å². The van der Waals surface area contributed by atoms with Crippen LogP contribution in [0.15, 0.2) is 237 Å². The highest BCUT2D eigenvalue weighted by atomic mass is 32.1. The molecule has 0 saturated carbocycles. The van der Waals surface area contributed by atoms with Crippen molar-refractivity contribution in [2.75, 3.05) is 4.90 Å². The summed E-state index contributed by atoms with van der Waals surface area (Å²) in [5.74, 6) is 0. The summed E-state index contributed by atoms with van der Waals surface area (Å²) in [6.45, 7) is 0. The molecule has 13 rings (SSSR count). The van der Waals surface area contributed by atoms with E-state index in [0.29, 0.717) is 0 Å². The average Bonchev–Trinajstić information content (AvgIpc) is 4.04. The normalized spacial score (nSPS) is 12.8. The second-order valence-corrected chi connectivity index (χ2v) is 18.9. The molecule has 2 aromatic heterocycles.